The van der Waals surface area contributed by atoms with Gasteiger partial charge in [-0.05, 0) is 13.8 Å². The van der Waals surface area contributed by atoms with E-state index in [1.54, 1.807) is 0 Å². The Morgan fingerprint density at radius 1 is 1.44 bits per heavy atom. The Morgan fingerprint density at radius 2 is 2.06 bits per heavy atom. The Kier molecular flexibility index (Phi) is 3.33. The molecule has 0 bridgehead atoms. The molecule has 1 aliphatic heterocycles. The molecule has 2 N–H and O–H groups in total. The summed E-state index contributed by atoms with van der Waals surface area (Å²) < 4.78 is 5.61. The van der Waals surface area contributed by atoms with Crippen molar-refractivity contribution in [2.75, 3.05) is 23.7 Å². The van der Waals surface area contributed by atoms with Crippen molar-refractivity contribution < 1.29 is 9.66 Å². The van der Waals surface area contributed by atoms with Crippen LogP contribution in [0.15, 0.2) is 12.1 Å². The van der Waals surface area contributed by atoms with Crippen LogP contribution in [0.1, 0.15) is 13.8 Å². The lowest BCUT2D eigenvalue weighted by Crippen LogP contribution is -2.45. The zero-order valence-corrected chi connectivity index (χ0v) is 10.4. The summed E-state index contributed by atoms with van der Waals surface area (Å²) in [7, 11) is 0. The Hall–Kier alpha value is -1.89. The molecule has 0 saturated carbocycles. The fourth-order valence-electron chi connectivity index (χ4n) is 2.15. The zero-order valence-electron chi connectivity index (χ0n) is 10.4. The van der Waals surface area contributed by atoms with E-state index in [2.05, 4.69) is 4.98 Å². The lowest BCUT2D eigenvalue weighted by molar-refractivity contribution is -0.384. The van der Waals surface area contributed by atoms with Crippen LogP contribution in [0, 0.1) is 10.1 Å². The van der Waals surface area contributed by atoms with Gasteiger partial charge in [0.05, 0.1) is 29.3 Å². The van der Waals surface area contributed by atoms with Gasteiger partial charge in [-0.3, -0.25) is 10.1 Å². The second kappa shape index (κ2) is 4.77. The number of rotatable bonds is 2. The van der Waals surface area contributed by atoms with Crippen LogP contribution in [0.25, 0.3) is 0 Å². The Bertz CT molecular complexity index is 456. The van der Waals surface area contributed by atoms with Gasteiger partial charge in [0.25, 0.3) is 5.69 Å². The van der Waals surface area contributed by atoms with Gasteiger partial charge in [0.2, 0.25) is 0 Å². The average molecular weight is 252 g/mol. The van der Waals surface area contributed by atoms with Crippen molar-refractivity contribution in [1.29, 1.82) is 0 Å². The van der Waals surface area contributed by atoms with E-state index in [0.29, 0.717) is 18.9 Å². The van der Waals surface area contributed by atoms with Gasteiger partial charge in [-0.15, -0.1) is 0 Å². The SMILES string of the molecule is C[C@@H]1CN(c2cc([N+](=O)[O-])cc(N)n2)C[C@H](C)O1. The molecule has 1 fully saturated rings. The first-order chi connectivity index (χ1) is 8.45. The lowest BCUT2D eigenvalue weighted by Gasteiger charge is -2.36. The summed E-state index contributed by atoms with van der Waals surface area (Å²) in [5.74, 6) is 0.690. The van der Waals surface area contributed by atoms with Crippen LogP contribution in [0.5, 0.6) is 0 Å². The number of ether oxygens (including phenoxy) is 1. The van der Waals surface area contributed by atoms with Gasteiger partial charge in [-0.2, -0.15) is 0 Å². The van der Waals surface area contributed by atoms with Crippen LogP contribution in [0.3, 0.4) is 0 Å². The molecule has 2 heterocycles. The predicted octanol–water partition coefficient (Wildman–Crippen LogP) is 1.19. The molecule has 0 amide bonds. The number of hydrogen-bond acceptors (Lipinski definition) is 6. The van der Waals surface area contributed by atoms with E-state index in [1.807, 2.05) is 18.7 Å². The maximum absolute atomic E-state index is 10.8. The minimum atomic E-state index is -0.463. The van der Waals surface area contributed by atoms with Gasteiger partial charge in [0.15, 0.2) is 0 Å². The van der Waals surface area contributed by atoms with Gasteiger partial charge in [-0.25, -0.2) is 4.98 Å². The third-order valence-corrected chi connectivity index (χ3v) is 2.77. The molecule has 1 aromatic heterocycles. The molecule has 2 rings (SSSR count). The minimum absolute atomic E-state index is 0.0377. The molecule has 0 radical (unpaired) electrons. The molecule has 7 nitrogen and oxygen atoms in total. The molecule has 7 heteroatoms. The first-order valence-electron chi connectivity index (χ1n) is 5.78. The number of aromatic nitrogens is 1. The van der Waals surface area contributed by atoms with Crippen molar-refractivity contribution in [3.63, 3.8) is 0 Å². The third-order valence-electron chi connectivity index (χ3n) is 2.77. The van der Waals surface area contributed by atoms with Crippen LogP contribution in [-0.4, -0.2) is 35.2 Å². The molecule has 1 saturated heterocycles. The fourth-order valence-corrected chi connectivity index (χ4v) is 2.15. The first-order valence-corrected chi connectivity index (χ1v) is 5.78. The quantitative estimate of drug-likeness (QED) is 0.627. The fraction of sp³-hybridized carbons (Fsp3) is 0.545. The van der Waals surface area contributed by atoms with E-state index >= 15 is 0 Å². The zero-order chi connectivity index (χ0) is 13.3. The van der Waals surface area contributed by atoms with E-state index in [1.165, 1.54) is 12.1 Å². The molecule has 18 heavy (non-hydrogen) atoms. The Balaban J connectivity index is 2.29. The highest BCUT2D eigenvalue weighted by atomic mass is 16.6. The van der Waals surface area contributed by atoms with E-state index in [9.17, 15) is 10.1 Å². The summed E-state index contributed by atoms with van der Waals surface area (Å²) in [6, 6.07) is 2.71. The summed E-state index contributed by atoms with van der Waals surface area (Å²) >= 11 is 0. The highest BCUT2D eigenvalue weighted by Crippen LogP contribution is 2.24. The third kappa shape index (κ3) is 2.67. The van der Waals surface area contributed by atoms with Crippen LogP contribution in [0.2, 0.25) is 0 Å². The summed E-state index contributed by atoms with van der Waals surface area (Å²) in [6.45, 7) is 5.22. The Morgan fingerprint density at radius 3 is 2.61 bits per heavy atom. The summed E-state index contributed by atoms with van der Waals surface area (Å²) in [5, 5.41) is 10.8. The van der Waals surface area contributed by atoms with E-state index in [0.717, 1.165) is 0 Å². The van der Waals surface area contributed by atoms with Gasteiger partial charge < -0.3 is 15.4 Å². The van der Waals surface area contributed by atoms with Crippen molar-refractivity contribution in [1.82, 2.24) is 4.98 Å². The normalized spacial score (nSPS) is 24.0. The number of nitrogens with zero attached hydrogens (tertiary/aromatic N) is 3. The van der Waals surface area contributed by atoms with Crippen molar-refractivity contribution in [2.45, 2.75) is 26.1 Å². The number of pyridine rings is 1. The number of nitrogen functional groups attached to an aromatic ring is 1. The second-order valence-electron chi connectivity index (χ2n) is 4.53. The topological polar surface area (TPSA) is 94.5 Å². The monoisotopic (exact) mass is 252 g/mol. The molecule has 98 valence electrons. The smallest absolute Gasteiger partial charge is 0.276 e. The summed E-state index contributed by atoms with van der Waals surface area (Å²) in [4.78, 5) is 16.4. The highest BCUT2D eigenvalue weighted by molar-refractivity contribution is 5.54. The molecular weight excluding hydrogens is 236 g/mol. The standard InChI is InChI=1S/C11H16N4O3/c1-7-5-14(6-8(2)18-7)11-4-9(15(16)17)3-10(12)13-11/h3-4,7-8H,5-6H2,1-2H3,(H2,12,13)/t7-,8+. The highest BCUT2D eigenvalue weighted by Gasteiger charge is 2.24. The van der Waals surface area contributed by atoms with Gasteiger partial charge in [0.1, 0.15) is 11.6 Å². The summed E-state index contributed by atoms with van der Waals surface area (Å²) in [6.07, 6.45) is 0.132. The first kappa shape index (κ1) is 12.6. The number of hydrogen-bond donors (Lipinski definition) is 1. The van der Waals surface area contributed by atoms with Crippen LogP contribution in [0.4, 0.5) is 17.3 Å². The number of nitrogens with two attached hydrogens (primary N) is 1. The molecule has 2 atom stereocenters. The van der Waals surface area contributed by atoms with Gasteiger partial charge in [-0.1, -0.05) is 0 Å². The molecule has 0 unspecified atom stereocenters. The average Bonchev–Trinajstić information content (AvgIpc) is 2.26. The second-order valence-corrected chi connectivity index (χ2v) is 4.53. The van der Waals surface area contributed by atoms with Crippen molar-refractivity contribution in [3.8, 4) is 0 Å². The van der Waals surface area contributed by atoms with E-state index in [-0.39, 0.29) is 23.7 Å². The van der Waals surface area contributed by atoms with Crippen LogP contribution in [-0.2, 0) is 4.74 Å². The molecular formula is C11H16N4O3. The maximum atomic E-state index is 10.8. The van der Waals surface area contributed by atoms with Crippen molar-refractivity contribution in [3.05, 3.63) is 22.2 Å². The van der Waals surface area contributed by atoms with Crippen molar-refractivity contribution in [2.24, 2.45) is 0 Å². The van der Waals surface area contributed by atoms with Crippen LogP contribution >= 0.6 is 0 Å². The number of anilines is 2. The lowest BCUT2D eigenvalue weighted by atomic mass is 10.2. The number of morpholine rings is 1. The molecule has 0 aromatic carbocycles. The maximum Gasteiger partial charge on any atom is 0.276 e. The minimum Gasteiger partial charge on any atom is -0.383 e. The van der Waals surface area contributed by atoms with Crippen molar-refractivity contribution >= 4 is 17.3 Å². The van der Waals surface area contributed by atoms with E-state index in [4.69, 9.17) is 10.5 Å². The van der Waals surface area contributed by atoms with E-state index < -0.39 is 4.92 Å². The van der Waals surface area contributed by atoms with Gasteiger partial charge in [0, 0.05) is 13.1 Å². The van der Waals surface area contributed by atoms with Gasteiger partial charge >= 0.3 is 0 Å². The molecule has 1 aromatic rings. The Labute approximate surface area is 105 Å². The molecule has 0 aliphatic carbocycles. The molecule has 0 spiro atoms. The molecule has 1 aliphatic rings. The van der Waals surface area contributed by atoms with Crippen LogP contribution < -0.4 is 10.6 Å². The largest absolute Gasteiger partial charge is 0.383 e. The summed E-state index contributed by atoms with van der Waals surface area (Å²) in [5.41, 5.74) is 5.56. The predicted molar refractivity (Wildman–Crippen MR) is 67.5 cm³/mol. The number of nitro groups is 1.